The first-order valence-electron chi connectivity index (χ1n) is 6.06. The maximum Gasteiger partial charge on any atom is 0.200 e. The topological polar surface area (TPSA) is 49.9 Å². The highest BCUT2D eigenvalue weighted by Gasteiger charge is 2.11. The molecule has 0 fully saturated rings. The van der Waals surface area contributed by atoms with E-state index in [2.05, 4.69) is 41.3 Å². The lowest BCUT2D eigenvalue weighted by Crippen LogP contribution is -1.93. The number of ether oxygens (including phenoxy) is 1. The van der Waals surface area contributed by atoms with Crippen molar-refractivity contribution in [1.29, 1.82) is 0 Å². The summed E-state index contributed by atoms with van der Waals surface area (Å²) < 4.78 is 5.41. The summed E-state index contributed by atoms with van der Waals surface area (Å²) in [5.74, 6) is 2.09. The summed E-state index contributed by atoms with van der Waals surface area (Å²) in [7, 11) is 3.52. The summed E-state index contributed by atoms with van der Waals surface area (Å²) in [5, 5.41) is 2.98. The number of hydrogen-bond donors (Lipinski definition) is 2. The van der Waals surface area contributed by atoms with Crippen molar-refractivity contribution in [3.05, 3.63) is 30.0 Å². The van der Waals surface area contributed by atoms with E-state index in [9.17, 15) is 0 Å². The van der Waals surface area contributed by atoms with Crippen LogP contribution in [0.3, 0.4) is 0 Å². The maximum absolute atomic E-state index is 5.41. The molecule has 4 nitrogen and oxygen atoms in total. The SMILES string of the molecule is CNc1ncc(-c2cc(C(C)C)ccc2OC)[nH]1. The van der Waals surface area contributed by atoms with Crippen molar-refractivity contribution in [2.75, 3.05) is 19.5 Å². The predicted octanol–water partition coefficient (Wildman–Crippen LogP) is 3.25. The molecule has 0 atom stereocenters. The summed E-state index contributed by atoms with van der Waals surface area (Å²) in [6, 6.07) is 6.25. The van der Waals surface area contributed by atoms with E-state index in [0.717, 1.165) is 23.0 Å². The maximum atomic E-state index is 5.41. The molecule has 0 aliphatic heterocycles. The average molecular weight is 245 g/mol. The van der Waals surface area contributed by atoms with Crippen molar-refractivity contribution in [2.24, 2.45) is 0 Å². The monoisotopic (exact) mass is 245 g/mol. The fourth-order valence-electron chi connectivity index (χ4n) is 1.88. The second-order valence-electron chi connectivity index (χ2n) is 4.51. The lowest BCUT2D eigenvalue weighted by atomic mass is 9.99. The van der Waals surface area contributed by atoms with Gasteiger partial charge in [0.25, 0.3) is 0 Å². The van der Waals surface area contributed by atoms with Crippen LogP contribution in [0.5, 0.6) is 5.75 Å². The Morgan fingerprint density at radius 3 is 2.67 bits per heavy atom. The van der Waals surface area contributed by atoms with Crippen molar-refractivity contribution in [3.63, 3.8) is 0 Å². The fraction of sp³-hybridized carbons (Fsp3) is 0.357. The Morgan fingerprint density at radius 1 is 1.33 bits per heavy atom. The second kappa shape index (κ2) is 5.12. The van der Waals surface area contributed by atoms with Gasteiger partial charge in [-0.1, -0.05) is 19.9 Å². The first kappa shape index (κ1) is 12.5. The molecule has 0 unspecified atom stereocenters. The smallest absolute Gasteiger partial charge is 0.200 e. The van der Waals surface area contributed by atoms with Gasteiger partial charge in [-0.15, -0.1) is 0 Å². The number of methoxy groups -OCH3 is 1. The van der Waals surface area contributed by atoms with E-state index in [-0.39, 0.29) is 0 Å². The molecule has 2 aromatic rings. The summed E-state index contributed by atoms with van der Waals surface area (Å²) in [6.45, 7) is 4.36. The lowest BCUT2D eigenvalue weighted by Gasteiger charge is -2.11. The number of benzene rings is 1. The Balaban J connectivity index is 2.49. The van der Waals surface area contributed by atoms with Crippen LogP contribution in [0, 0.1) is 0 Å². The third-order valence-electron chi connectivity index (χ3n) is 2.99. The van der Waals surface area contributed by atoms with Crippen LogP contribution in [0.2, 0.25) is 0 Å². The van der Waals surface area contributed by atoms with E-state index in [1.165, 1.54) is 5.56 Å². The Bertz CT molecular complexity index is 532. The second-order valence-corrected chi connectivity index (χ2v) is 4.51. The zero-order valence-electron chi connectivity index (χ0n) is 11.2. The quantitative estimate of drug-likeness (QED) is 0.869. The molecule has 0 bridgehead atoms. The average Bonchev–Trinajstić information content (AvgIpc) is 2.86. The first-order chi connectivity index (χ1) is 8.65. The lowest BCUT2D eigenvalue weighted by molar-refractivity contribution is 0.416. The van der Waals surface area contributed by atoms with Gasteiger partial charge in [-0.3, -0.25) is 0 Å². The highest BCUT2D eigenvalue weighted by molar-refractivity contribution is 5.69. The molecule has 0 amide bonds. The highest BCUT2D eigenvalue weighted by Crippen LogP contribution is 2.32. The van der Waals surface area contributed by atoms with Crippen LogP contribution in [0.1, 0.15) is 25.3 Å². The molecule has 2 N–H and O–H groups in total. The molecule has 2 rings (SSSR count). The van der Waals surface area contributed by atoms with Crippen molar-refractivity contribution >= 4 is 5.95 Å². The molecule has 4 heteroatoms. The van der Waals surface area contributed by atoms with Gasteiger partial charge in [0.15, 0.2) is 5.95 Å². The number of imidazole rings is 1. The van der Waals surface area contributed by atoms with Crippen LogP contribution < -0.4 is 10.1 Å². The molecule has 1 heterocycles. The minimum absolute atomic E-state index is 0.487. The van der Waals surface area contributed by atoms with Gasteiger partial charge in [0.1, 0.15) is 5.75 Å². The normalized spacial score (nSPS) is 10.7. The summed E-state index contributed by atoms with van der Waals surface area (Å²) in [6.07, 6.45) is 1.81. The standard InChI is InChI=1S/C14H19N3O/c1-9(2)10-5-6-13(18-4)11(7-10)12-8-16-14(15-3)17-12/h5-9H,1-4H3,(H2,15,16,17). The third kappa shape index (κ3) is 2.32. The number of H-pyrrole nitrogens is 1. The van der Waals surface area contributed by atoms with E-state index in [1.807, 2.05) is 19.3 Å². The van der Waals surface area contributed by atoms with Crippen LogP contribution in [0.15, 0.2) is 24.4 Å². The van der Waals surface area contributed by atoms with Gasteiger partial charge in [-0.05, 0) is 23.6 Å². The summed E-state index contributed by atoms with van der Waals surface area (Å²) >= 11 is 0. The number of aromatic nitrogens is 2. The van der Waals surface area contributed by atoms with Crippen LogP contribution >= 0.6 is 0 Å². The Kier molecular flexibility index (Phi) is 3.55. The highest BCUT2D eigenvalue weighted by atomic mass is 16.5. The molecule has 0 radical (unpaired) electrons. The van der Waals surface area contributed by atoms with E-state index in [4.69, 9.17) is 4.74 Å². The Morgan fingerprint density at radius 2 is 2.11 bits per heavy atom. The number of hydrogen-bond acceptors (Lipinski definition) is 3. The number of rotatable bonds is 4. The van der Waals surface area contributed by atoms with Gasteiger partial charge in [-0.25, -0.2) is 4.98 Å². The molecule has 0 aliphatic carbocycles. The molecule has 1 aromatic heterocycles. The van der Waals surface area contributed by atoms with Gasteiger partial charge < -0.3 is 15.0 Å². The molecule has 0 saturated heterocycles. The van der Waals surface area contributed by atoms with Crippen molar-refractivity contribution < 1.29 is 4.74 Å². The van der Waals surface area contributed by atoms with E-state index >= 15 is 0 Å². The zero-order chi connectivity index (χ0) is 13.1. The van der Waals surface area contributed by atoms with Crippen molar-refractivity contribution in [1.82, 2.24) is 9.97 Å². The van der Waals surface area contributed by atoms with Gasteiger partial charge in [0, 0.05) is 12.6 Å². The largest absolute Gasteiger partial charge is 0.496 e. The van der Waals surface area contributed by atoms with Crippen molar-refractivity contribution in [3.8, 4) is 17.0 Å². The van der Waals surface area contributed by atoms with Gasteiger partial charge in [-0.2, -0.15) is 0 Å². The van der Waals surface area contributed by atoms with E-state index in [0.29, 0.717) is 5.92 Å². The van der Waals surface area contributed by atoms with Crippen LogP contribution in [0.4, 0.5) is 5.95 Å². The molecule has 18 heavy (non-hydrogen) atoms. The molecule has 96 valence electrons. The predicted molar refractivity (Wildman–Crippen MR) is 74.2 cm³/mol. The molecular formula is C14H19N3O. The fourth-order valence-corrected chi connectivity index (χ4v) is 1.88. The van der Waals surface area contributed by atoms with Gasteiger partial charge in [0.2, 0.25) is 0 Å². The van der Waals surface area contributed by atoms with Crippen LogP contribution in [0.25, 0.3) is 11.3 Å². The Labute approximate surface area is 107 Å². The van der Waals surface area contributed by atoms with Crippen LogP contribution in [-0.2, 0) is 0 Å². The zero-order valence-corrected chi connectivity index (χ0v) is 11.2. The van der Waals surface area contributed by atoms with E-state index in [1.54, 1.807) is 7.11 Å². The number of anilines is 1. The third-order valence-corrected chi connectivity index (χ3v) is 2.99. The minimum Gasteiger partial charge on any atom is -0.496 e. The van der Waals surface area contributed by atoms with E-state index < -0.39 is 0 Å². The molecule has 0 spiro atoms. The molecule has 0 saturated carbocycles. The molecule has 0 aliphatic rings. The number of aromatic amines is 1. The van der Waals surface area contributed by atoms with Gasteiger partial charge in [0.05, 0.1) is 19.0 Å². The molecular weight excluding hydrogens is 226 g/mol. The Hall–Kier alpha value is -1.97. The summed E-state index contributed by atoms with van der Waals surface area (Å²) in [4.78, 5) is 7.46. The molecule has 1 aromatic carbocycles. The summed E-state index contributed by atoms with van der Waals surface area (Å²) in [5.41, 5.74) is 3.28. The number of nitrogens with zero attached hydrogens (tertiary/aromatic N) is 1. The van der Waals surface area contributed by atoms with Crippen molar-refractivity contribution in [2.45, 2.75) is 19.8 Å². The first-order valence-corrected chi connectivity index (χ1v) is 6.06. The van der Waals surface area contributed by atoms with Gasteiger partial charge >= 0.3 is 0 Å². The van der Waals surface area contributed by atoms with Crippen LogP contribution in [-0.4, -0.2) is 24.1 Å². The number of nitrogens with one attached hydrogen (secondary N) is 2. The minimum atomic E-state index is 0.487.